The molecule has 0 spiro atoms. The molecular weight excluding hydrogens is 282 g/mol. The third-order valence-electron chi connectivity index (χ3n) is 3.41. The molecule has 0 aromatic rings. The van der Waals surface area contributed by atoms with Gasteiger partial charge in [-0.25, -0.2) is 9.79 Å². The Hall–Kier alpha value is -1.66. The minimum Gasteiger partial charge on any atom is -0.211 e. The van der Waals surface area contributed by atoms with Crippen LogP contribution in [0.2, 0.25) is 0 Å². The number of aliphatic imine (C=N–C) groups is 1. The van der Waals surface area contributed by atoms with Crippen molar-refractivity contribution < 1.29 is 4.79 Å². The van der Waals surface area contributed by atoms with Gasteiger partial charge in [0, 0.05) is 0 Å². The minimum absolute atomic E-state index is 0.609. The van der Waals surface area contributed by atoms with Gasteiger partial charge in [0.2, 0.25) is 6.08 Å². The maximum Gasteiger partial charge on any atom is 0.234 e. The van der Waals surface area contributed by atoms with E-state index in [-0.39, 0.29) is 0 Å². The summed E-state index contributed by atoms with van der Waals surface area (Å²) in [5.41, 5.74) is 0. The molecule has 0 bridgehead atoms. The van der Waals surface area contributed by atoms with Crippen LogP contribution in [0, 0.1) is 0 Å². The fraction of sp³-hybridized carbons (Fsp3) is 0.571. The molecule has 0 atom stereocenters. The van der Waals surface area contributed by atoms with Crippen LogP contribution >= 0.6 is 0 Å². The van der Waals surface area contributed by atoms with Crippen molar-refractivity contribution >= 4 is 6.08 Å². The smallest absolute Gasteiger partial charge is 0.211 e. The second-order valence-electron chi connectivity index (χ2n) is 5.56. The summed E-state index contributed by atoms with van der Waals surface area (Å²) in [7, 11) is 0. The lowest BCUT2D eigenvalue weighted by Gasteiger charge is -1.91. The van der Waals surface area contributed by atoms with E-state index >= 15 is 0 Å². The highest BCUT2D eigenvalue weighted by Crippen LogP contribution is 2.01. The van der Waals surface area contributed by atoms with Gasteiger partial charge in [0.1, 0.15) is 0 Å². The summed E-state index contributed by atoms with van der Waals surface area (Å²) in [5.74, 6) is 0. The van der Waals surface area contributed by atoms with E-state index in [4.69, 9.17) is 0 Å². The number of allylic oxidation sites excluding steroid dienone is 8. The molecule has 0 rings (SSSR count). The molecule has 0 saturated carbocycles. The first kappa shape index (κ1) is 21.3. The molecule has 128 valence electrons. The van der Waals surface area contributed by atoms with Gasteiger partial charge in [0.15, 0.2) is 0 Å². The predicted octanol–water partition coefficient (Wildman–Crippen LogP) is 6.47. The molecule has 0 saturated heterocycles. The molecule has 0 fully saturated rings. The van der Waals surface area contributed by atoms with E-state index < -0.39 is 0 Å². The molecule has 0 aromatic carbocycles. The number of carbonyl (C=O) groups excluding carboxylic acids is 1. The third-order valence-corrected chi connectivity index (χ3v) is 3.41. The summed E-state index contributed by atoms with van der Waals surface area (Å²) < 4.78 is 0. The SMILES string of the molecule is CCCCC/C=C\C/C=C\C/C=C\C/C=C\CCCCN=C=O. The Morgan fingerprint density at radius 1 is 0.696 bits per heavy atom. The van der Waals surface area contributed by atoms with E-state index in [9.17, 15) is 4.79 Å². The zero-order chi connectivity index (χ0) is 16.8. The Kier molecular flexibility index (Phi) is 18.9. The van der Waals surface area contributed by atoms with Crippen LogP contribution < -0.4 is 0 Å². The van der Waals surface area contributed by atoms with Crippen LogP contribution in [-0.2, 0) is 4.79 Å². The van der Waals surface area contributed by atoms with Gasteiger partial charge < -0.3 is 0 Å². The van der Waals surface area contributed by atoms with Crippen molar-refractivity contribution in [1.82, 2.24) is 0 Å². The summed E-state index contributed by atoms with van der Waals surface area (Å²) in [6.07, 6.45) is 30.8. The maximum absolute atomic E-state index is 9.87. The number of rotatable bonds is 15. The number of isocyanates is 1. The zero-order valence-corrected chi connectivity index (χ0v) is 14.8. The fourth-order valence-electron chi connectivity index (χ4n) is 2.06. The Bertz CT molecular complexity index is 398. The van der Waals surface area contributed by atoms with Gasteiger partial charge in [-0.05, 0) is 51.4 Å². The summed E-state index contributed by atoms with van der Waals surface area (Å²) in [6, 6.07) is 0. The third kappa shape index (κ3) is 20.3. The average Bonchev–Trinajstić information content (AvgIpc) is 2.57. The van der Waals surface area contributed by atoms with Gasteiger partial charge >= 0.3 is 0 Å². The highest BCUT2D eigenvalue weighted by atomic mass is 16.1. The van der Waals surface area contributed by atoms with Crippen LogP contribution in [0.5, 0.6) is 0 Å². The molecule has 0 N–H and O–H groups in total. The van der Waals surface area contributed by atoms with E-state index in [2.05, 4.69) is 60.5 Å². The Morgan fingerprint density at radius 3 is 1.65 bits per heavy atom. The number of nitrogens with zero attached hydrogens (tertiary/aromatic N) is 1. The van der Waals surface area contributed by atoms with Crippen molar-refractivity contribution in [2.75, 3.05) is 6.54 Å². The van der Waals surface area contributed by atoms with Crippen LogP contribution in [0.25, 0.3) is 0 Å². The topological polar surface area (TPSA) is 29.4 Å². The predicted molar refractivity (Wildman–Crippen MR) is 101 cm³/mol. The first-order chi connectivity index (χ1) is 11.4. The molecule has 0 heterocycles. The molecule has 0 amide bonds. The molecule has 0 aliphatic rings. The molecule has 0 unspecified atom stereocenters. The molecule has 2 heteroatoms. The minimum atomic E-state index is 0.609. The van der Waals surface area contributed by atoms with E-state index in [0.29, 0.717) is 6.54 Å². The van der Waals surface area contributed by atoms with Crippen molar-refractivity contribution in [1.29, 1.82) is 0 Å². The summed E-state index contributed by atoms with van der Waals surface area (Å²) in [6.45, 7) is 2.85. The van der Waals surface area contributed by atoms with Crippen LogP contribution in [0.15, 0.2) is 53.6 Å². The van der Waals surface area contributed by atoms with E-state index in [1.54, 1.807) is 6.08 Å². The Balaban J connectivity index is 3.39. The molecule has 0 aliphatic heterocycles. The second kappa shape index (κ2) is 20.3. The molecule has 0 aromatic heterocycles. The van der Waals surface area contributed by atoms with Gasteiger partial charge in [-0.2, -0.15) is 0 Å². The van der Waals surface area contributed by atoms with E-state index in [1.165, 1.54) is 25.7 Å². The summed E-state index contributed by atoms with van der Waals surface area (Å²) in [4.78, 5) is 13.4. The fourth-order valence-corrected chi connectivity index (χ4v) is 2.06. The largest absolute Gasteiger partial charge is 0.234 e. The van der Waals surface area contributed by atoms with Crippen LogP contribution in [-0.4, -0.2) is 12.6 Å². The number of hydrogen-bond donors (Lipinski definition) is 0. The molecule has 2 nitrogen and oxygen atoms in total. The van der Waals surface area contributed by atoms with Crippen molar-refractivity contribution in [3.05, 3.63) is 48.6 Å². The van der Waals surface area contributed by atoms with Gasteiger partial charge in [-0.15, -0.1) is 0 Å². The van der Waals surface area contributed by atoms with Crippen molar-refractivity contribution in [3.8, 4) is 0 Å². The van der Waals surface area contributed by atoms with Crippen LogP contribution in [0.4, 0.5) is 0 Å². The van der Waals surface area contributed by atoms with Gasteiger partial charge in [-0.1, -0.05) is 68.4 Å². The molecule has 23 heavy (non-hydrogen) atoms. The van der Waals surface area contributed by atoms with Crippen molar-refractivity contribution in [2.45, 2.75) is 71.1 Å². The monoisotopic (exact) mass is 315 g/mol. The van der Waals surface area contributed by atoms with Crippen LogP contribution in [0.1, 0.15) is 71.1 Å². The lowest BCUT2D eigenvalue weighted by molar-refractivity contribution is 0.562. The number of unbranched alkanes of at least 4 members (excludes halogenated alkanes) is 5. The highest BCUT2D eigenvalue weighted by Gasteiger charge is 1.83. The standard InChI is InChI=1S/C21H33NO/c1-2-3-4-5-6-7-8-9-10-11-12-13-14-15-16-17-18-19-20-22-21-23/h6-7,9-10,12-13,15-16H,2-5,8,11,14,17-20H2,1H3/b7-6-,10-9-,13-12-,16-15-. The first-order valence-electron chi connectivity index (χ1n) is 9.05. The zero-order valence-electron chi connectivity index (χ0n) is 14.8. The lowest BCUT2D eigenvalue weighted by Crippen LogP contribution is -1.79. The Labute approximate surface area is 142 Å². The quantitative estimate of drug-likeness (QED) is 0.147. The first-order valence-corrected chi connectivity index (χ1v) is 9.05. The van der Waals surface area contributed by atoms with Gasteiger partial charge in [-0.3, -0.25) is 0 Å². The van der Waals surface area contributed by atoms with Gasteiger partial charge in [0.05, 0.1) is 6.54 Å². The highest BCUT2D eigenvalue weighted by molar-refractivity contribution is 5.32. The summed E-state index contributed by atoms with van der Waals surface area (Å²) in [5, 5.41) is 0. The van der Waals surface area contributed by atoms with E-state index in [1.807, 2.05) is 0 Å². The van der Waals surface area contributed by atoms with Gasteiger partial charge in [0.25, 0.3) is 0 Å². The van der Waals surface area contributed by atoms with Crippen molar-refractivity contribution in [2.24, 2.45) is 4.99 Å². The molecule has 0 radical (unpaired) electrons. The lowest BCUT2D eigenvalue weighted by atomic mass is 10.2. The van der Waals surface area contributed by atoms with E-state index in [0.717, 1.165) is 38.5 Å². The number of hydrogen-bond acceptors (Lipinski definition) is 2. The average molecular weight is 316 g/mol. The maximum atomic E-state index is 9.87. The van der Waals surface area contributed by atoms with Crippen LogP contribution in [0.3, 0.4) is 0 Å². The van der Waals surface area contributed by atoms with Crippen molar-refractivity contribution in [3.63, 3.8) is 0 Å². The summed E-state index contributed by atoms with van der Waals surface area (Å²) >= 11 is 0. The second-order valence-corrected chi connectivity index (χ2v) is 5.56. The molecule has 0 aliphatic carbocycles. The Morgan fingerprint density at radius 2 is 1.17 bits per heavy atom. The normalized spacial score (nSPS) is 12.0. The molecular formula is C21H33NO.